The summed E-state index contributed by atoms with van der Waals surface area (Å²) < 4.78 is 32.6. The minimum absolute atomic E-state index is 0.0504. The van der Waals surface area contributed by atoms with Crippen LogP contribution in [0.3, 0.4) is 0 Å². The van der Waals surface area contributed by atoms with Crippen LogP contribution in [0.2, 0.25) is 0 Å². The van der Waals surface area contributed by atoms with Gasteiger partial charge in [0.05, 0.1) is 13.2 Å². The van der Waals surface area contributed by atoms with Crippen molar-refractivity contribution in [3.05, 3.63) is 36.5 Å². The van der Waals surface area contributed by atoms with Gasteiger partial charge in [0.15, 0.2) is 6.10 Å². The molecule has 0 saturated heterocycles. The number of unbranched alkanes of at least 4 members (excludes halogenated alkanes) is 16. The van der Waals surface area contributed by atoms with E-state index < -0.39 is 26.5 Å². The molecule has 280 valence electrons. The van der Waals surface area contributed by atoms with E-state index >= 15 is 0 Å². The van der Waals surface area contributed by atoms with Gasteiger partial charge < -0.3 is 20.1 Å². The molecule has 0 saturated carbocycles. The largest absolute Gasteiger partial charge is 0.472 e. The standard InChI is InChI=1S/C38H70NO8P/c1-3-5-7-9-11-13-15-17-18-19-21-23-25-27-29-31-38(41)47-36(35-46-48(42,43)45-33-32-39)34-44-37(40)30-28-26-24-22-20-16-14-12-10-8-6-4-2/h5,7,11,13,17-18,36H,3-4,6,8-10,12,14-16,19-35,39H2,1-2H3,(H,42,43). The molecule has 0 aromatic carbocycles. The molecule has 2 atom stereocenters. The van der Waals surface area contributed by atoms with E-state index in [1.54, 1.807) is 0 Å². The monoisotopic (exact) mass is 699 g/mol. The second-order valence-electron chi connectivity index (χ2n) is 12.4. The highest BCUT2D eigenvalue weighted by Crippen LogP contribution is 2.43. The summed E-state index contributed by atoms with van der Waals surface area (Å²) >= 11 is 0. The highest BCUT2D eigenvalue weighted by atomic mass is 31.2. The Kier molecular flexibility index (Phi) is 33.8. The number of carbonyl (C=O) groups is 2. The summed E-state index contributed by atoms with van der Waals surface area (Å²) in [4.78, 5) is 34.7. The normalized spacial score (nSPS) is 13.8. The van der Waals surface area contributed by atoms with E-state index in [0.29, 0.717) is 6.42 Å². The fraction of sp³-hybridized carbons (Fsp3) is 0.789. The molecule has 0 aliphatic rings. The van der Waals surface area contributed by atoms with Crippen molar-refractivity contribution < 1.29 is 37.6 Å². The number of nitrogens with two attached hydrogens (primary N) is 1. The van der Waals surface area contributed by atoms with Gasteiger partial charge in [-0.25, -0.2) is 4.57 Å². The Balaban J connectivity index is 4.25. The molecule has 0 radical (unpaired) electrons. The van der Waals surface area contributed by atoms with E-state index in [4.69, 9.17) is 24.3 Å². The summed E-state index contributed by atoms with van der Waals surface area (Å²) in [7, 11) is -4.37. The van der Waals surface area contributed by atoms with Gasteiger partial charge in [-0.1, -0.05) is 140 Å². The van der Waals surface area contributed by atoms with Crippen molar-refractivity contribution in [3.63, 3.8) is 0 Å². The van der Waals surface area contributed by atoms with E-state index in [9.17, 15) is 19.0 Å². The number of hydrogen-bond donors (Lipinski definition) is 2. The van der Waals surface area contributed by atoms with Crippen molar-refractivity contribution in [3.8, 4) is 0 Å². The van der Waals surface area contributed by atoms with Crippen LogP contribution in [0.1, 0.15) is 162 Å². The van der Waals surface area contributed by atoms with Gasteiger partial charge in [-0.3, -0.25) is 18.6 Å². The van der Waals surface area contributed by atoms with Crippen molar-refractivity contribution in [1.29, 1.82) is 0 Å². The molecule has 0 rings (SSSR count). The number of phosphoric acid groups is 1. The number of esters is 2. The van der Waals surface area contributed by atoms with Crippen LogP contribution in [-0.2, 0) is 32.7 Å². The summed E-state index contributed by atoms with van der Waals surface area (Å²) in [5, 5.41) is 0. The van der Waals surface area contributed by atoms with Crippen LogP contribution in [0, 0.1) is 0 Å². The molecule has 0 aromatic rings. The second kappa shape index (κ2) is 35.1. The van der Waals surface area contributed by atoms with Gasteiger partial charge >= 0.3 is 19.8 Å². The van der Waals surface area contributed by atoms with Crippen LogP contribution in [-0.4, -0.2) is 49.3 Å². The zero-order valence-electron chi connectivity index (χ0n) is 30.5. The maximum absolute atomic E-state index is 12.5. The Hall–Kier alpha value is -1.77. The maximum Gasteiger partial charge on any atom is 0.472 e. The molecule has 3 N–H and O–H groups in total. The average Bonchev–Trinajstić information content (AvgIpc) is 3.07. The second-order valence-corrected chi connectivity index (χ2v) is 13.9. The van der Waals surface area contributed by atoms with E-state index in [1.165, 1.54) is 57.8 Å². The van der Waals surface area contributed by atoms with Crippen molar-refractivity contribution in [1.82, 2.24) is 0 Å². The summed E-state index contributed by atoms with van der Waals surface area (Å²) in [5.74, 6) is -0.849. The van der Waals surface area contributed by atoms with Gasteiger partial charge in [0.2, 0.25) is 0 Å². The first-order valence-electron chi connectivity index (χ1n) is 19.0. The Morgan fingerprint density at radius 1 is 0.646 bits per heavy atom. The lowest BCUT2D eigenvalue weighted by atomic mass is 10.0. The molecule has 9 nitrogen and oxygen atoms in total. The minimum atomic E-state index is -4.37. The van der Waals surface area contributed by atoms with Crippen LogP contribution in [0.4, 0.5) is 0 Å². The molecule has 0 bridgehead atoms. The van der Waals surface area contributed by atoms with Crippen LogP contribution >= 0.6 is 7.82 Å². The summed E-state index contributed by atoms with van der Waals surface area (Å²) in [6.45, 7) is 3.58. The molecule has 2 unspecified atom stereocenters. The number of ether oxygens (including phenoxy) is 2. The van der Waals surface area contributed by atoms with Gasteiger partial charge in [0, 0.05) is 19.4 Å². The Bertz CT molecular complexity index is 892. The minimum Gasteiger partial charge on any atom is -0.462 e. The average molecular weight is 700 g/mol. The molecule has 0 fully saturated rings. The smallest absolute Gasteiger partial charge is 0.462 e. The van der Waals surface area contributed by atoms with Gasteiger partial charge in [-0.2, -0.15) is 0 Å². The summed E-state index contributed by atoms with van der Waals surface area (Å²) in [6.07, 6.45) is 36.0. The fourth-order valence-corrected chi connectivity index (χ4v) is 5.77. The van der Waals surface area contributed by atoms with Crippen molar-refractivity contribution in [2.45, 2.75) is 168 Å². The van der Waals surface area contributed by atoms with E-state index in [2.05, 4.69) is 50.3 Å². The fourth-order valence-electron chi connectivity index (χ4n) is 5.00. The molecule has 0 aromatic heterocycles. The topological polar surface area (TPSA) is 134 Å². The third kappa shape index (κ3) is 34.1. The highest BCUT2D eigenvalue weighted by Gasteiger charge is 2.25. The van der Waals surface area contributed by atoms with E-state index in [-0.39, 0.29) is 38.6 Å². The number of carbonyl (C=O) groups excluding carboxylic acids is 2. The molecule has 0 aliphatic carbocycles. The van der Waals surface area contributed by atoms with Gasteiger partial charge in [0.25, 0.3) is 0 Å². The van der Waals surface area contributed by atoms with Crippen LogP contribution < -0.4 is 5.73 Å². The predicted molar refractivity (Wildman–Crippen MR) is 197 cm³/mol. The highest BCUT2D eigenvalue weighted by molar-refractivity contribution is 7.47. The van der Waals surface area contributed by atoms with Crippen LogP contribution in [0.15, 0.2) is 36.5 Å². The molecule has 0 amide bonds. The van der Waals surface area contributed by atoms with E-state index in [1.807, 2.05) is 0 Å². The van der Waals surface area contributed by atoms with Crippen molar-refractivity contribution in [2.75, 3.05) is 26.4 Å². The van der Waals surface area contributed by atoms with E-state index in [0.717, 1.165) is 70.6 Å². The SMILES string of the molecule is CCC=CCC=CCC=CCCCCCCCC(=O)OC(COC(=O)CCCCCCCCCCCCCC)COP(=O)(O)OCCN. The molecule has 0 aliphatic heterocycles. The number of hydrogen-bond acceptors (Lipinski definition) is 8. The summed E-state index contributed by atoms with van der Waals surface area (Å²) in [6, 6.07) is 0. The lowest BCUT2D eigenvalue weighted by molar-refractivity contribution is -0.161. The Morgan fingerprint density at radius 3 is 1.71 bits per heavy atom. The zero-order chi connectivity index (χ0) is 35.4. The first-order chi connectivity index (χ1) is 23.3. The Labute approximate surface area is 293 Å². The van der Waals surface area contributed by atoms with Crippen LogP contribution in [0.5, 0.6) is 0 Å². The lowest BCUT2D eigenvalue weighted by Gasteiger charge is -2.19. The maximum atomic E-state index is 12.5. The zero-order valence-corrected chi connectivity index (χ0v) is 31.4. The molecule has 48 heavy (non-hydrogen) atoms. The van der Waals surface area contributed by atoms with Crippen molar-refractivity contribution in [2.24, 2.45) is 5.73 Å². The Morgan fingerprint density at radius 2 is 1.15 bits per heavy atom. The first kappa shape index (κ1) is 46.2. The van der Waals surface area contributed by atoms with Gasteiger partial charge in [-0.05, 0) is 44.9 Å². The molecular formula is C38H70NO8P. The number of phosphoric ester groups is 1. The van der Waals surface area contributed by atoms with Crippen molar-refractivity contribution >= 4 is 19.8 Å². The van der Waals surface area contributed by atoms with Gasteiger partial charge in [0.1, 0.15) is 6.61 Å². The molecule has 0 spiro atoms. The van der Waals surface area contributed by atoms with Gasteiger partial charge in [-0.15, -0.1) is 0 Å². The quantitative estimate of drug-likeness (QED) is 0.0287. The number of allylic oxidation sites excluding steroid dienone is 6. The van der Waals surface area contributed by atoms with Crippen LogP contribution in [0.25, 0.3) is 0 Å². The number of rotatable bonds is 35. The third-order valence-corrected chi connectivity index (χ3v) is 8.77. The lowest BCUT2D eigenvalue weighted by Crippen LogP contribution is -2.29. The first-order valence-corrected chi connectivity index (χ1v) is 20.5. The predicted octanol–water partition coefficient (Wildman–Crippen LogP) is 10.2. The third-order valence-electron chi connectivity index (χ3n) is 7.79. The molecule has 10 heteroatoms. The summed E-state index contributed by atoms with van der Waals surface area (Å²) in [5.41, 5.74) is 5.33. The molecular weight excluding hydrogens is 629 g/mol. The molecule has 0 heterocycles.